The van der Waals surface area contributed by atoms with Gasteiger partial charge in [0, 0.05) is 6.42 Å². The molecule has 0 heterocycles. The zero-order chi connectivity index (χ0) is 13.6. The van der Waals surface area contributed by atoms with Gasteiger partial charge in [-0.3, -0.25) is 4.79 Å². The lowest BCUT2D eigenvalue weighted by molar-refractivity contribution is -0.149. The molecule has 1 aromatic rings. The van der Waals surface area contributed by atoms with Crippen LogP contribution in [-0.2, 0) is 16.0 Å². The van der Waals surface area contributed by atoms with E-state index in [1.54, 1.807) is 25.1 Å². The summed E-state index contributed by atoms with van der Waals surface area (Å²) < 4.78 is 5.12. The van der Waals surface area contributed by atoms with Crippen LogP contribution < -0.4 is 5.73 Å². The third kappa shape index (κ3) is 4.37. The number of aromatic hydroxyl groups is 1. The monoisotopic (exact) mass is 251 g/mol. The van der Waals surface area contributed by atoms with Crippen molar-refractivity contribution in [3.63, 3.8) is 0 Å². The highest BCUT2D eigenvalue weighted by atomic mass is 16.5. The first kappa shape index (κ1) is 14.5. The summed E-state index contributed by atoms with van der Waals surface area (Å²) in [7, 11) is 0. The maximum Gasteiger partial charge on any atom is 0.326 e. The third-order valence-corrected chi connectivity index (χ3v) is 2.68. The topological polar surface area (TPSA) is 72.5 Å². The Balaban J connectivity index is 2.60. The second-order valence-electron chi connectivity index (χ2n) is 4.75. The molecule has 0 aliphatic rings. The third-order valence-electron chi connectivity index (χ3n) is 2.68. The number of phenols is 1. The highest BCUT2D eigenvalue weighted by Gasteiger charge is 2.30. The van der Waals surface area contributed by atoms with Gasteiger partial charge < -0.3 is 15.6 Å². The van der Waals surface area contributed by atoms with Gasteiger partial charge in [-0.1, -0.05) is 25.5 Å². The fourth-order valence-electron chi connectivity index (χ4n) is 1.64. The van der Waals surface area contributed by atoms with Crippen molar-refractivity contribution in [3.8, 4) is 5.75 Å². The van der Waals surface area contributed by atoms with E-state index in [-0.39, 0.29) is 5.75 Å². The molecule has 0 saturated heterocycles. The van der Waals surface area contributed by atoms with Crippen LogP contribution in [0.1, 0.15) is 32.3 Å². The van der Waals surface area contributed by atoms with Gasteiger partial charge in [0.05, 0.1) is 6.61 Å². The molecule has 1 rings (SSSR count). The molecule has 0 aliphatic heterocycles. The van der Waals surface area contributed by atoms with Crippen molar-refractivity contribution in [3.05, 3.63) is 29.8 Å². The van der Waals surface area contributed by atoms with Crippen molar-refractivity contribution < 1.29 is 14.6 Å². The predicted molar refractivity (Wildman–Crippen MR) is 70.3 cm³/mol. The van der Waals surface area contributed by atoms with E-state index >= 15 is 0 Å². The first-order valence-electron chi connectivity index (χ1n) is 6.19. The summed E-state index contributed by atoms with van der Waals surface area (Å²) in [6, 6.07) is 6.73. The summed E-state index contributed by atoms with van der Waals surface area (Å²) in [5.74, 6) is -0.234. The number of hydrogen-bond donors (Lipinski definition) is 2. The van der Waals surface area contributed by atoms with Gasteiger partial charge in [0.25, 0.3) is 0 Å². The number of esters is 1. The van der Waals surface area contributed by atoms with Crippen LogP contribution in [0.25, 0.3) is 0 Å². The normalized spacial score (nSPS) is 13.9. The summed E-state index contributed by atoms with van der Waals surface area (Å²) in [4.78, 5) is 11.8. The Kier molecular flexibility index (Phi) is 5.16. The number of hydrogen-bond acceptors (Lipinski definition) is 4. The van der Waals surface area contributed by atoms with Gasteiger partial charge in [0.2, 0.25) is 0 Å². The number of ether oxygens (including phenoxy) is 1. The van der Waals surface area contributed by atoms with Crippen LogP contribution in [0, 0.1) is 0 Å². The standard InChI is InChI=1S/C14H21NO3/c1-3-4-8-18-13(17)14(2,15)10-11-6-5-7-12(16)9-11/h5-7,9,16H,3-4,8,10,15H2,1-2H3/t14-/m1/s1. The number of rotatable bonds is 6. The highest BCUT2D eigenvalue weighted by Crippen LogP contribution is 2.17. The van der Waals surface area contributed by atoms with Gasteiger partial charge in [0.15, 0.2) is 0 Å². The lowest BCUT2D eigenvalue weighted by Gasteiger charge is -2.22. The Morgan fingerprint density at radius 1 is 1.50 bits per heavy atom. The Morgan fingerprint density at radius 3 is 2.83 bits per heavy atom. The van der Waals surface area contributed by atoms with Crippen molar-refractivity contribution in [2.75, 3.05) is 6.61 Å². The maximum absolute atomic E-state index is 11.8. The number of carbonyl (C=O) groups excluding carboxylic acids is 1. The van der Waals surface area contributed by atoms with Gasteiger partial charge in [-0.15, -0.1) is 0 Å². The Labute approximate surface area is 108 Å². The van der Waals surface area contributed by atoms with Gasteiger partial charge in [-0.25, -0.2) is 0 Å². The SMILES string of the molecule is CCCCOC(=O)[C@](C)(N)Cc1cccc(O)c1. The molecule has 0 aliphatic carbocycles. The molecule has 3 N–H and O–H groups in total. The fraction of sp³-hybridized carbons (Fsp3) is 0.500. The minimum atomic E-state index is -1.07. The summed E-state index contributed by atoms with van der Waals surface area (Å²) in [5, 5.41) is 9.36. The molecular formula is C14H21NO3. The molecule has 18 heavy (non-hydrogen) atoms. The lowest BCUT2D eigenvalue weighted by atomic mass is 9.94. The number of phenolic OH excluding ortho intramolecular Hbond substituents is 1. The van der Waals surface area contributed by atoms with Gasteiger partial charge in [-0.05, 0) is 31.0 Å². The molecule has 1 atom stereocenters. The molecule has 0 spiro atoms. The van der Waals surface area contributed by atoms with Crippen LogP contribution in [0.4, 0.5) is 0 Å². The minimum Gasteiger partial charge on any atom is -0.508 e. The minimum absolute atomic E-state index is 0.169. The van der Waals surface area contributed by atoms with Crippen molar-refractivity contribution in [1.29, 1.82) is 0 Å². The van der Waals surface area contributed by atoms with Crippen LogP contribution in [0.15, 0.2) is 24.3 Å². The summed E-state index contributed by atoms with van der Waals surface area (Å²) in [6.07, 6.45) is 2.15. The molecular weight excluding hydrogens is 230 g/mol. The number of nitrogens with two attached hydrogens (primary N) is 1. The largest absolute Gasteiger partial charge is 0.508 e. The molecule has 0 unspecified atom stereocenters. The molecule has 0 aromatic heterocycles. The van der Waals surface area contributed by atoms with Crippen molar-refractivity contribution in [1.82, 2.24) is 0 Å². The van der Waals surface area contributed by atoms with E-state index in [0.29, 0.717) is 13.0 Å². The summed E-state index contributed by atoms with van der Waals surface area (Å²) in [6.45, 7) is 4.08. The van der Waals surface area contributed by atoms with Gasteiger partial charge in [-0.2, -0.15) is 0 Å². The van der Waals surface area contributed by atoms with Crippen LogP contribution in [0.5, 0.6) is 5.75 Å². The van der Waals surface area contributed by atoms with E-state index < -0.39 is 11.5 Å². The lowest BCUT2D eigenvalue weighted by Crippen LogP contribution is -2.48. The molecule has 1 aromatic carbocycles. The van der Waals surface area contributed by atoms with Crippen molar-refractivity contribution >= 4 is 5.97 Å². The number of carbonyl (C=O) groups is 1. The predicted octanol–water partition coefficient (Wildman–Crippen LogP) is 2.00. The average Bonchev–Trinajstić information content (AvgIpc) is 2.28. The molecule has 0 radical (unpaired) electrons. The molecule has 100 valence electrons. The zero-order valence-electron chi connectivity index (χ0n) is 11.0. The van der Waals surface area contributed by atoms with E-state index in [4.69, 9.17) is 10.5 Å². The van der Waals surface area contributed by atoms with Gasteiger partial charge in [0.1, 0.15) is 11.3 Å². The second kappa shape index (κ2) is 6.40. The van der Waals surface area contributed by atoms with Crippen molar-refractivity contribution in [2.45, 2.75) is 38.6 Å². The maximum atomic E-state index is 11.8. The number of benzene rings is 1. The quantitative estimate of drug-likeness (QED) is 0.599. The Hall–Kier alpha value is -1.55. The Bertz CT molecular complexity index is 402. The Morgan fingerprint density at radius 2 is 2.22 bits per heavy atom. The van der Waals surface area contributed by atoms with Crippen LogP contribution in [0.2, 0.25) is 0 Å². The number of unbranched alkanes of at least 4 members (excludes halogenated alkanes) is 1. The smallest absolute Gasteiger partial charge is 0.326 e. The molecule has 0 bridgehead atoms. The molecule has 4 nitrogen and oxygen atoms in total. The summed E-state index contributed by atoms with van der Waals surface area (Å²) >= 11 is 0. The van der Waals surface area contributed by atoms with Crippen molar-refractivity contribution in [2.24, 2.45) is 5.73 Å². The fourth-order valence-corrected chi connectivity index (χ4v) is 1.64. The van der Waals surface area contributed by atoms with Gasteiger partial charge >= 0.3 is 5.97 Å². The van der Waals surface area contributed by atoms with Crippen LogP contribution in [-0.4, -0.2) is 23.2 Å². The van der Waals surface area contributed by atoms with E-state index in [0.717, 1.165) is 18.4 Å². The first-order chi connectivity index (χ1) is 8.45. The summed E-state index contributed by atoms with van der Waals surface area (Å²) in [5.41, 5.74) is 5.71. The first-order valence-corrected chi connectivity index (χ1v) is 6.19. The van der Waals surface area contributed by atoms with E-state index in [1.807, 2.05) is 13.0 Å². The molecule has 0 amide bonds. The van der Waals surface area contributed by atoms with E-state index in [2.05, 4.69) is 0 Å². The molecule has 4 heteroatoms. The highest BCUT2D eigenvalue weighted by molar-refractivity contribution is 5.80. The van der Waals surface area contributed by atoms with Crippen LogP contribution >= 0.6 is 0 Å². The molecule has 0 fully saturated rings. The van der Waals surface area contributed by atoms with E-state index in [1.165, 1.54) is 0 Å². The second-order valence-corrected chi connectivity index (χ2v) is 4.75. The zero-order valence-corrected chi connectivity index (χ0v) is 11.0. The van der Waals surface area contributed by atoms with E-state index in [9.17, 15) is 9.90 Å². The average molecular weight is 251 g/mol. The van der Waals surface area contributed by atoms with Crippen LogP contribution in [0.3, 0.4) is 0 Å². The molecule has 0 saturated carbocycles.